The van der Waals surface area contributed by atoms with Crippen LogP contribution in [0.2, 0.25) is 0 Å². The number of nitrogens with one attached hydrogen (secondary N) is 2. The third-order valence-corrected chi connectivity index (χ3v) is 2.99. The first-order chi connectivity index (χ1) is 12.1. The quantitative estimate of drug-likeness (QED) is 0.525. The van der Waals surface area contributed by atoms with Gasteiger partial charge in [0.2, 0.25) is 0 Å². The van der Waals surface area contributed by atoms with Gasteiger partial charge in [-0.15, -0.1) is 0 Å². The Labute approximate surface area is 144 Å². The molecule has 0 fully saturated rings. The topological polar surface area (TPSA) is 115 Å². The standard InChI is InChI=1S/C17H18N4O4/c1-24-15-9-12(10-19-21-17(18)23)7-8-14(15)25-11-16(22)20-13-5-3-2-4-6-13/h2-10H,11H2,1H3,(H,20,22)(H3,18,21,23)/b19-10+. The van der Waals surface area contributed by atoms with E-state index in [1.807, 2.05) is 18.2 Å². The molecule has 0 saturated heterocycles. The Hall–Kier alpha value is -3.55. The number of amides is 3. The molecule has 4 N–H and O–H groups in total. The van der Waals surface area contributed by atoms with Crippen LogP contribution in [0.15, 0.2) is 53.6 Å². The number of carbonyl (C=O) groups is 2. The lowest BCUT2D eigenvalue weighted by Gasteiger charge is -2.11. The van der Waals surface area contributed by atoms with E-state index < -0.39 is 6.03 Å². The number of anilines is 1. The summed E-state index contributed by atoms with van der Waals surface area (Å²) in [5.41, 5.74) is 8.36. The van der Waals surface area contributed by atoms with Gasteiger partial charge in [-0.05, 0) is 35.9 Å². The van der Waals surface area contributed by atoms with Crippen LogP contribution in [-0.4, -0.2) is 31.9 Å². The summed E-state index contributed by atoms with van der Waals surface area (Å²) >= 11 is 0. The van der Waals surface area contributed by atoms with E-state index in [-0.39, 0.29) is 12.5 Å². The second kappa shape index (κ2) is 8.92. The second-order valence-corrected chi connectivity index (χ2v) is 4.85. The van der Waals surface area contributed by atoms with Crippen LogP contribution >= 0.6 is 0 Å². The van der Waals surface area contributed by atoms with E-state index in [0.717, 1.165) is 0 Å². The molecular weight excluding hydrogens is 324 g/mol. The number of carbonyl (C=O) groups excluding carboxylic acids is 2. The number of urea groups is 1. The molecule has 0 aromatic heterocycles. The summed E-state index contributed by atoms with van der Waals surface area (Å²) in [5, 5.41) is 6.38. The molecule has 0 saturated carbocycles. The lowest BCUT2D eigenvalue weighted by Crippen LogP contribution is -2.24. The van der Waals surface area contributed by atoms with Crippen LogP contribution in [0.3, 0.4) is 0 Å². The van der Waals surface area contributed by atoms with E-state index in [1.54, 1.807) is 30.3 Å². The SMILES string of the molecule is COc1cc(/C=N/NC(N)=O)ccc1OCC(=O)Nc1ccccc1. The summed E-state index contributed by atoms with van der Waals surface area (Å²) in [6, 6.07) is 13.3. The zero-order valence-electron chi connectivity index (χ0n) is 13.6. The molecule has 25 heavy (non-hydrogen) atoms. The van der Waals surface area contributed by atoms with Gasteiger partial charge < -0.3 is 20.5 Å². The van der Waals surface area contributed by atoms with Crippen molar-refractivity contribution in [3.63, 3.8) is 0 Å². The number of benzene rings is 2. The van der Waals surface area contributed by atoms with Crippen LogP contribution in [0, 0.1) is 0 Å². The van der Waals surface area contributed by atoms with E-state index >= 15 is 0 Å². The van der Waals surface area contributed by atoms with Crippen molar-refractivity contribution in [1.29, 1.82) is 0 Å². The largest absolute Gasteiger partial charge is 0.493 e. The Bertz CT molecular complexity index is 762. The normalized spacial score (nSPS) is 10.3. The highest BCUT2D eigenvalue weighted by Gasteiger charge is 2.08. The second-order valence-electron chi connectivity index (χ2n) is 4.85. The maximum atomic E-state index is 11.9. The lowest BCUT2D eigenvalue weighted by atomic mass is 10.2. The summed E-state index contributed by atoms with van der Waals surface area (Å²) in [6.45, 7) is -0.165. The summed E-state index contributed by atoms with van der Waals surface area (Å²) in [4.78, 5) is 22.5. The van der Waals surface area contributed by atoms with Crippen molar-refractivity contribution in [2.45, 2.75) is 0 Å². The third-order valence-electron chi connectivity index (χ3n) is 2.99. The molecule has 2 aromatic carbocycles. The molecule has 8 nitrogen and oxygen atoms in total. The zero-order valence-corrected chi connectivity index (χ0v) is 13.6. The molecule has 130 valence electrons. The molecule has 0 radical (unpaired) electrons. The fourth-order valence-electron chi connectivity index (χ4n) is 1.92. The van der Waals surface area contributed by atoms with Gasteiger partial charge in [-0.3, -0.25) is 4.79 Å². The molecule has 2 aromatic rings. The Morgan fingerprint density at radius 3 is 2.60 bits per heavy atom. The van der Waals surface area contributed by atoms with Crippen LogP contribution in [0.1, 0.15) is 5.56 Å². The van der Waals surface area contributed by atoms with Gasteiger partial charge in [-0.2, -0.15) is 5.10 Å². The third kappa shape index (κ3) is 5.87. The maximum Gasteiger partial charge on any atom is 0.332 e. The molecule has 0 unspecified atom stereocenters. The average Bonchev–Trinajstić information content (AvgIpc) is 2.61. The Morgan fingerprint density at radius 2 is 1.92 bits per heavy atom. The van der Waals surface area contributed by atoms with Crippen LogP contribution < -0.4 is 25.9 Å². The van der Waals surface area contributed by atoms with Gasteiger partial charge >= 0.3 is 6.03 Å². The minimum absolute atomic E-state index is 0.165. The first kappa shape index (κ1) is 17.8. The number of nitrogens with two attached hydrogens (primary N) is 1. The Kier molecular flexibility index (Phi) is 6.35. The molecule has 0 atom stereocenters. The highest BCUT2D eigenvalue weighted by atomic mass is 16.5. The van der Waals surface area contributed by atoms with Gasteiger partial charge in [0, 0.05) is 5.69 Å². The summed E-state index contributed by atoms with van der Waals surface area (Å²) in [5.74, 6) is 0.547. The van der Waals surface area contributed by atoms with Crippen LogP contribution in [-0.2, 0) is 4.79 Å². The minimum Gasteiger partial charge on any atom is -0.493 e. The molecule has 0 bridgehead atoms. The molecule has 0 aliphatic carbocycles. The number of para-hydroxylation sites is 1. The van der Waals surface area contributed by atoms with Gasteiger partial charge in [0.15, 0.2) is 18.1 Å². The Balaban J connectivity index is 1.96. The van der Waals surface area contributed by atoms with Crippen molar-refractivity contribution in [2.75, 3.05) is 19.0 Å². The summed E-state index contributed by atoms with van der Waals surface area (Å²) in [7, 11) is 1.48. The van der Waals surface area contributed by atoms with Crippen LogP contribution in [0.25, 0.3) is 0 Å². The predicted octanol–water partition coefficient (Wildman–Crippen LogP) is 1.71. The number of hydrogen-bond donors (Lipinski definition) is 3. The Morgan fingerprint density at radius 1 is 1.16 bits per heavy atom. The lowest BCUT2D eigenvalue weighted by molar-refractivity contribution is -0.118. The molecule has 3 amide bonds. The van der Waals surface area contributed by atoms with Crippen molar-refractivity contribution >= 4 is 23.8 Å². The highest BCUT2D eigenvalue weighted by molar-refractivity contribution is 5.91. The van der Waals surface area contributed by atoms with Gasteiger partial charge in [0.25, 0.3) is 5.91 Å². The molecule has 0 heterocycles. The molecule has 0 spiro atoms. The van der Waals surface area contributed by atoms with Crippen LogP contribution in [0.4, 0.5) is 10.5 Å². The molecule has 0 aliphatic heterocycles. The number of rotatable bonds is 7. The maximum absolute atomic E-state index is 11.9. The fraction of sp³-hybridized carbons (Fsp3) is 0.118. The van der Waals surface area contributed by atoms with Gasteiger partial charge in [-0.25, -0.2) is 10.2 Å². The van der Waals surface area contributed by atoms with Crippen molar-refractivity contribution in [3.8, 4) is 11.5 Å². The highest BCUT2D eigenvalue weighted by Crippen LogP contribution is 2.27. The summed E-state index contributed by atoms with van der Waals surface area (Å²) in [6.07, 6.45) is 1.40. The zero-order chi connectivity index (χ0) is 18.1. The van der Waals surface area contributed by atoms with E-state index in [2.05, 4.69) is 15.8 Å². The molecule has 8 heteroatoms. The number of methoxy groups -OCH3 is 1. The number of ether oxygens (including phenoxy) is 2. The van der Waals surface area contributed by atoms with Crippen molar-refractivity contribution in [3.05, 3.63) is 54.1 Å². The van der Waals surface area contributed by atoms with Gasteiger partial charge in [0.05, 0.1) is 13.3 Å². The number of hydrogen-bond acceptors (Lipinski definition) is 5. The first-order valence-electron chi connectivity index (χ1n) is 7.32. The average molecular weight is 342 g/mol. The van der Waals surface area contributed by atoms with Gasteiger partial charge in [-0.1, -0.05) is 18.2 Å². The molecule has 2 rings (SSSR count). The fourth-order valence-corrected chi connectivity index (χ4v) is 1.92. The number of hydrazone groups is 1. The van der Waals surface area contributed by atoms with Gasteiger partial charge in [0.1, 0.15) is 0 Å². The first-order valence-corrected chi connectivity index (χ1v) is 7.32. The van der Waals surface area contributed by atoms with Crippen molar-refractivity contribution < 1.29 is 19.1 Å². The predicted molar refractivity (Wildman–Crippen MR) is 93.9 cm³/mol. The monoisotopic (exact) mass is 342 g/mol. The van der Waals surface area contributed by atoms with E-state index in [0.29, 0.717) is 22.7 Å². The number of nitrogens with zero attached hydrogens (tertiary/aromatic N) is 1. The summed E-state index contributed by atoms with van der Waals surface area (Å²) < 4.78 is 10.7. The van der Waals surface area contributed by atoms with Crippen molar-refractivity contribution in [1.82, 2.24) is 5.43 Å². The van der Waals surface area contributed by atoms with Crippen molar-refractivity contribution in [2.24, 2.45) is 10.8 Å². The minimum atomic E-state index is -0.757. The van der Waals surface area contributed by atoms with E-state index in [9.17, 15) is 9.59 Å². The van der Waals surface area contributed by atoms with Crippen LogP contribution in [0.5, 0.6) is 11.5 Å². The smallest absolute Gasteiger partial charge is 0.332 e. The molecule has 0 aliphatic rings. The van der Waals surface area contributed by atoms with E-state index in [1.165, 1.54) is 13.3 Å². The van der Waals surface area contributed by atoms with E-state index in [4.69, 9.17) is 15.2 Å². The molecular formula is C17H18N4O4. The number of primary amides is 1.